The van der Waals surface area contributed by atoms with Crippen LogP contribution in [0.4, 0.5) is 0 Å². The topological polar surface area (TPSA) is 29.9 Å². The molecule has 1 fully saturated rings. The summed E-state index contributed by atoms with van der Waals surface area (Å²) < 4.78 is 2.48. The van der Waals surface area contributed by atoms with Crippen LogP contribution in [0.15, 0.2) is 24.3 Å². The second-order valence-electron chi connectivity index (χ2n) is 5.19. The average molecular weight is 243 g/mol. The highest BCUT2D eigenvalue weighted by Crippen LogP contribution is 2.33. The lowest BCUT2D eigenvalue weighted by molar-refractivity contribution is 0.489. The second kappa shape index (κ2) is 4.73. The van der Waals surface area contributed by atoms with Crippen LogP contribution in [0.25, 0.3) is 11.0 Å². The second-order valence-corrected chi connectivity index (χ2v) is 5.19. The molecular formula is C15H21N3. The van der Waals surface area contributed by atoms with Crippen molar-refractivity contribution in [2.24, 2.45) is 0 Å². The molecule has 0 amide bonds. The quantitative estimate of drug-likeness (QED) is 0.898. The Bertz CT molecular complexity index is 544. The molecule has 1 heterocycles. The van der Waals surface area contributed by atoms with Gasteiger partial charge < -0.3 is 9.88 Å². The highest BCUT2D eigenvalue weighted by molar-refractivity contribution is 5.76. The van der Waals surface area contributed by atoms with Crippen LogP contribution in [-0.2, 0) is 6.42 Å². The Kier molecular flexibility index (Phi) is 3.08. The average Bonchev–Trinajstić information content (AvgIpc) is 3.01. The lowest BCUT2D eigenvalue weighted by atomic mass is 10.2. The fourth-order valence-corrected chi connectivity index (χ4v) is 3.21. The van der Waals surface area contributed by atoms with Gasteiger partial charge in [0.1, 0.15) is 5.82 Å². The number of nitrogens with one attached hydrogen (secondary N) is 1. The van der Waals surface area contributed by atoms with Crippen LogP contribution in [-0.4, -0.2) is 22.6 Å². The number of rotatable bonds is 3. The van der Waals surface area contributed by atoms with E-state index in [1.807, 2.05) is 0 Å². The van der Waals surface area contributed by atoms with Crippen molar-refractivity contribution in [1.82, 2.24) is 14.9 Å². The fourth-order valence-electron chi connectivity index (χ4n) is 3.21. The maximum Gasteiger partial charge on any atom is 0.109 e. The number of para-hydroxylation sites is 2. The first-order chi connectivity index (χ1) is 8.83. The third-order valence-electron chi connectivity index (χ3n) is 4.16. The summed E-state index contributed by atoms with van der Waals surface area (Å²) in [5, 5.41) is 3.41. The van der Waals surface area contributed by atoms with Crippen LogP contribution < -0.4 is 5.32 Å². The SMILES string of the molecule is CCc1nc2ccccc2n1C1CCC(NC)C1. The highest BCUT2D eigenvalue weighted by Gasteiger charge is 2.27. The summed E-state index contributed by atoms with van der Waals surface area (Å²) >= 11 is 0. The highest BCUT2D eigenvalue weighted by atomic mass is 15.1. The van der Waals surface area contributed by atoms with Gasteiger partial charge in [-0.05, 0) is 38.4 Å². The maximum absolute atomic E-state index is 4.77. The Labute approximate surface area is 108 Å². The predicted octanol–water partition coefficient (Wildman–Crippen LogP) is 2.91. The Hall–Kier alpha value is -1.35. The molecule has 2 unspecified atom stereocenters. The molecule has 1 aliphatic carbocycles. The number of hydrogen-bond donors (Lipinski definition) is 1. The Morgan fingerprint density at radius 2 is 2.17 bits per heavy atom. The van der Waals surface area contributed by atoms with Gasteiger partial charge in [0.2, 0.25) is 0 Å². The number of fused-ring (bicyclic) bond motifs is 1. The van der Waals surface area contributed by atoms with Gasteiger partial charge in [0.25, 0.3) is 0 Å². The van der Waals surface area contributed by atoms with Crippen LogP contribution in [0, 0.1) is 0 Å². The van der Waals surface area contributed by atoms with Crippen LogP contribution in [0.3, 0.4) is 0 Å². The zero-order valence-corrected chi connectivity index (χ0v) is 11.2. The van der Waals surface area contributed by atoms with E-state index in [9.17, 15) is 0 Å². The number of aryl methyl sites for hydroxylation is 1. The lowest BCUT2D eigenvalue weighted by Gasteiger charge is -2.16. The third kappa shape index (κ3) is 1.83. The molecule has 1 aromatic heterocycles. The number of imidazole rings is 1. The van der Waals surface area contributed by atoms with Crippen molar-refractivity contribution in [2.45, 2.75) is 44.7 Å². The van der Waals surface area contributed by atoms with Crippen molar-refractivity contribution in [3.63, 3.8) is 0 Å². The van der Waals surface area contributed by atoms with E-state index in [1.165, 1.54) is 30.6 Å². The van der Waals surface area contributed by atoms with E-state index in [2.05, 4.69) is 48.1 Å². The van der Waals surface area contributed by atoms with Crippen molar-refractivity contribution < 1.29 is 0 Å². The lowest BCUT2D eigenvalue weighted by Crippen LogP contribution is -2.22. The fraction of sp³-hybridized carbons (Fsp3) is 0.533. The zero-order chi connectivity index (χ0) is 12.5. The first kappa shape index (κ1) is 11.7. The number of aromatic nitrogens is 2. The van der Waals surface area contributed by atoms with Crippen LogP contribution in [0.5, 0.6) is 0 Å². The number of benzene rings is 1. The molecule has 2 aromatic rings. The van der Waals surface area contributed by atoms with E-state index in [1.54, 1.807) is 0 Å². The molecule has 0 saturated heterocycles. The maximum atomic E-state index is 4.77. The zero-order valence-electron chi connectivity index (χ0n) is 11.2. The molecular weight excluding hydrogens is 222 g/mol. The Balaban J connectivity index is 2.04. The number of hydrogen-bond acceptors (Lipinski definition) is 2. The summed E-state index contributed by atoms with van der Waals surface area (Å²) in [6.07, 6.45) is 4.77. The summed E-state index contributed by atoms with van der Waals surface area (Å²) in [5.74, 6) is 1.23. The molecule has 3 heteroatoms. The van der Waals surface area contributed by atoms with E-state index < -0.39 is 0 Å². The van der Waals surface area contributed by atoms with Gasteiger partial charge in [0.05, 0.1) is 11.0 Å². The normalized spacial score (nSPS) is 23.9. The van der Waals surface area contributed by atoms with Gasteiger partial charge in [-0.1, -0.05) is 19.1 Å². The minimum atomic E-state index is 0.616. The van der Waals surface area contributed by atoms with Gasteiger partial charge in [-0.15, -0.1) is 0 Å². The van der Waals surface area contributed by atoms with E-state index in [0.717, 1.165) is 11.9 Å². The molecule has 3 nitrogen and oxygen atoms in total. The molecule has 96 valence electrons. The van der Waals surface area contributed by atoms with Gasteiger partial charge in [0.15, 0.2) is 0 Å². The summed E-state index contributed by atoms with van der Waals surface area (Å²) in [4.78, 5) is 4.77. The third-order valence-corrected chi connectivity index (χ3v) is 4.16. The molecule has 0 bridgehead atoms. The Morgan fingerprint density at radius 3 is 2.89 bits per heavy atom. The van der Waals surface area contributed by atoms with E-state index in [-0.39, 0.29) is 0 Å². The molecule has 1 aromatic carbocycles. The van der Waals surface area contributed by atoms with Gasteiger partial charge in [-0.2, -0.15) is 0 Å². The first-order valence-electron chi connectivity index (χ1n) is 6.96. The summed E-state index contributed by atoms with van der Waals surface area (Å²) in [6, 6.07) is 9.80. The summed E-state index contributed by atoms with van der Waals surface area (Å²) in [7, 11) is 2.07. The van der Waals surface area contributed by atoms with Crippen LogP contribution >= 0.6 is 0 Å². The summed E-state index contributed by atoms with van der Waals surface area (Å²) in [5.41, 5.74) is 2.44. The molecule has 1 saturated carbocycles. The molecule has 1 aliphatic rings. The van der Waals surface area contributed by atoms with Crippen molar-refractivity contribution in [3.8, 4) is 0 Å². The molecule has 18 heavy (non-hydrogen) atoms. The molecule has 0 spiro atoms. The molecule has 3 rings (SSSR count). The minimum Gasteiger partial charge on any atom is -0.325 e. The summed E-state index contributed by atoms with van der Waals surface area (Å²) in [6.45, 7) is 2.20. The van der Waals surface area contributed by atoms with Crippen LogP contribution in [0.1, 0.15) is 38.1 Å². The number of nitrogens with zero attached hydrogens (tertiary/aromatic N) is 2. The van der Waals surface area contributed by atoms with E-state index in [4.69, 9.17) is 4.98 Å². The molecule has 0 aliphatic heterocycles. The van der Waals surface area contributed by atoms with Gasteiger partial charge >= 0.3 is 0 Å². The monoisotopic (exact) mass is 243 g/mol. The Morgan fingerprint density at radius 1 is 1.33 bits per heavy atom. The van der Waals surface area contributed by atoms with E-state index in [0.29, 0.717) is 12.1 Å². The molecule has 1 N–H and O–H groups in total. The largest absolute Gasteiger partial charge is 0.325 e. The van der Waals surface area contributed by atoms with Crippen molar-refractivity contribution in [1.29, 1.82) is 0 Å². The van der Waals surface area contributed by atoms with E-state index >= 15 is 0 Å². The predicted molar refractivity (Wildman–Crippen MR) is 74.8 cm³/mol. The molecule has 0 radical (unpaired) electrons. The van der Waals surface area contributed by atoms with Crippen molar-refractivity contribution >= 4 is 11.0 Å². The van der Waals surface area contributed by atoms with Crippen molar-refractivity contribution in [3.05, 3.63) is 30.1 Å². The van der Waals surface area contributed by atoms with Crippen molar-refractivity contribution in [2.75, 3.05) is 7.05 Å². The smallest absolute Gasteiger partial charge is 0.109 e. The van der Waals surface area contributed by atoms with Gasteiger partial charge in [0, 0.05) is 18.5 Å². The van der Waals surface area contributed by atoms with Gasteiger partial charge in [-0.3, -0.25) is 0 Å². The standard InChI is InChI=1S/C15H21N3/c1-3-15-17-13-6-4-5-7-14(13)18(15)12-9-8-11(10-12)16-2/h4-7,11-12,16H,3,8-10H2,1-2H3. The minimum absolute atomic E-state index is 0.616. The van der Waals surface area contributed by atoms with Crippen LogP contribution in [0.2, 0.25) is 0 Å². The molecule has 2 atom stereocenters. The first-order valence-corrected chi connectivity index (χ1v) is 6.96. The van der Waals surface area contributed by atoms with Gasteiger partial charge in [-0.25, -0.2) is 4.98 Å².